The van der Waals surface area contributed by atoms with Crippen molar-refractivity contribution in [2.45, 2.75) is 25.3 Å². The van der Waals surface area contributed by atoms with Gasteiger partial charge in [-0.1, -0.05) is 17.3 Å². The van der Waals surface area contributed by atoms with Gasteiger partial charge in [0, 0.05) is 12.5 Å². The number of rotatable bonds is 1. The third-order valence-electron chi connectivity index (χ3n) is 3.25. The van der Waals surface area contributed by atoms with Crippen LogP contribution in [0.5, 0.6) is 0 Å². The maximum atomic E-state index is 8.76. The SMILES string of the molecule is O/N=C1\CCC(n2cnc3ccccc32)C1. The van der Waals surface area contributed by atoms with E-state index in [0.29, 0.717) is 6.04 Å². The van der Waals surface area contributed by atoms with Gasteiger partial charge in [0.2, 0.25) is 0 Å². The number of fused-ring (bicyclic) bond motifs is 1. The van der Waals surface area contributed by atoms with Gasteiger partial charge in [0.1, 0.15) is 0 Å². The number of para-hydroxylation sites is 2. The lowest BCUT2D eigenvalue weighted by Crippen LogP contribution is -2.03. The normalized spacial score (nSPS) is 23.2. The van der Waals surface area contributed by atoms with Crippen molar-refractivity contribution in [2.75, 3.05) is 0 Å². The van der Waals surface area contributed by atoms with Gasteiger partial charge < -0.3 is 9.77 Å². The van der Waals surface area contributed by atoms with Gasteiger partial charge in [-0.2, -0.15) is 0 Å². The average Bonchev–Trinajstić information content (AvgIpc) is 2.94. The molecule has 0 aliphatic heterocycles. The Morgan fingerprint density at radius 2 is 2.25 bits per heavy atom. The lowest BCUT2D eigenvalue weighted by Gasteiger charge is -2.11. The van der Waals surface area contributed by atoms with Gasteiger partial charge in [-0.25, -0.2) is 4.98 Å². The molecule has 0 bridgehead atoms. The van der Waals surface area contributed by atoms with E-state index in [-0.39, 0.29) is 0 Å². The molecule has 82 valence electrons. The van der Waals surface area contributed by atoms with E-state index >= 15 is 0 Å². The maximum Gasteiger partial charge on any atom is 0.0961 e. The van der Waals surface area contributed by atoms with Crippen molar-refractivity contribution in [1.29, 1.82) is 0 Å². The van der Waals surface area contributed by atoms with Gasteiger partial charge in [-0.3, -0.25) is 0 Å². The first-order valence-electron chi connectivity index (χ1n) is 5.50. The summed E-state index contributed by atoms with van der Waals surface area (Å²) in [5.74, 6) is 0. The molecule has 1 atom stereocenters. The van der Waals surface area contributed by atoms with E-state index in [9.17, 15) is 0 Å². The summed E-state index contributed by atoms with van der Waals surface area (Å²) in [5, 5.41) is 12.1. The topological polar surface area (TPSA) is 50.4 Å². The lowest BCUT2D eigenvalue weighted by atomic mass is 10.2. The van der Waals surface area contributed by atoms with Crippen molar-refractivity contribution in [3.63, 3.8) is 0 Å². The van der Waals surface area contributed by atoms with E-state index in [4.69, 9.17) is 5.21 Å². The van der Waals surface area contributed by atoms with E-state index in [0.717, 1.165) is 36.0 Å². The quantitative estimate of drug-likeness (QED) is 0.587. The van der Waals surface area contributed by atoms with E-state index in [1.165, 1.54) is 0 Å². The second-order valence-corrected chi connectivity index (χ2v) is 4.20. The van der Waals surface area contributed by atoms with Crippen LogP contribution in [0.1, 0.15) is 25.3 Å². The van der Waals surface area contributed by atoms with Gasteiger partial charge in [-0.05, 0) is 25.0 Å². The molecule has 1 aliphatic rings. The molecule has 0 spiro atoms. The number of hydrogen-bond donors (Lipinski definition) is 1. The molecule has 1 N–H and O–H groups in total. The van der Waals surface area contributed by atoms with Crippen molar-refractivity contribution in [2.24, 2.45) is 5.16 Å². The predicted octanol–water partition coefficient (Wildman–Crippen LogP) is 2.59. The van der Waals surface area contributed by atoms with Crippen LogP contribution in [0.3, 0.4) is 0 Å². The Balaban J connectivity index is 2.01. The Hall–Kier alpha value is -1.84. The number of hydrogen-bond acceptors (Lipinski definition) is 3. The molecule has 1 fully saturated rings. The highest BCUT2D eigenvalue weighted by Crippen LogP contribution is 2.30. The number of benzene rings is 1. The average molecular weight is 215 g/mol. The summed E-state index contributed by atoms with van der Waals surface area (Å²) in [6.45, 7) is 0. The molecule has 0 saturated heterocycles. The molecule has 1 saturated carbocycles. The van der Waals surface area contributed by atoms with Gasteiger partial charge in [0.15, 0.2) is 0 Å². The predicted molar refractivity (Wildman–Crippen MR) is 61.8 cm³/mol. The Bertz CT molecular complexity index is 544. The summed E-state index contributed by atoms with van der Waals surface area (Å²) in [5.41, 5.74) is 3.08. The molecular formula is C12H13N3O. The molecule has 2 aromatic rings. The zero-order chi connectivity index (χ0) is 11.0. The highest BCUT2D eigenvalue weighted by Gasteiger charge is 2.23. The first-order valence-corrected chi connectivity index (χ1v) is 5.50. The Morgan fingerprint density at radius 3 is 3.06 bits per heavy atom. The molecule has 4 nitrogen and oxygen atoms in total. The Labute approximate surface area is 93.2 Å². The minimum atomic E-state index is 0.387. The van der Waals surface area contributed by atoms with Crippen LogP contribution in [0.25, 0.3) is 11.0 Å². The lowest BCUT2D eigenvalue weighted by molar-refractivity contribution is 0.317. The van der Waals surface area contributed by atoms with Crippen molar-refractivity contribution < 1.29 is 5.21 Å². The van der Waals surface area contributed by atoms with E-state index < -0.39 is 0 Å². The maximum absolute atomic E-state index is 8.76. The van der Waals surface area contributed by atoms with Crippen LogP contribution >= 0.6 is 0 Å². The van der Waals surface area contributed by atoms with Crippen LogP contribution in [0, 0.1) is 0 Å². The van der Waals surface area contributed by atoms with Gasteiger partial charge in [-0.15, -0.1) is 0 Å². The number of imidazole rings is 1. The van der Waals surface area contributed by atoms with Crippen LogP contribution < -0.4 is 0 Å². The molecule has 1 aliphatic carbocycles. The summed E-state index contributed by atoms with van der Waals surface area (Å²) < 4.78 is 2.19. The fraction of sp³-hybridized carbons (Fsp3) is 0.333. The molecule has 16 heavy (non-hydrogen) atoms. The summed E-state index contributed by atoms with van der Waals surface area (Å²) in [6, 6.07) is 8.50. The Kier molecular flexibility index (Phi) is 2.13. The van der Waals surface area contributed by atoms with Crippen molar-refractivity contribution in [1.82, 2.24) is 9.55 Å². The molecule has 1 heterocycles. The largest absolute Gasteiger partial charge is 0.411 e. The first-order chi connectivity index (χ1) is 7.88. The van der Waals surface area contributed by atoms with Crippen LogP contribution in [0.4, 0.5) is 0 Å². The van der Waals surface area contributed by atoms with E-state index in [1.54, 1.807) is 0 Å². The summed E-state index contributed by atoms with van der Waals surface area (Å²) in [7, 11) is 0. The number of aromatic nitrogens is 2. The minimum Gasteiger partial charge on any atom is -0.411 e. The fourth-order valence-electron chi connectivity index (χ4n) is 2.41. The second kappa shape index (κ2) is 3.63. The first kappa shape index (κ1) is 9.39. The third-order valence-corrected chi connectivity index (χ3v) is 3.25. The van der Waals surface area contributed by atoms with Crippen LogP contribution in [-0.4, -0.2) is 20.5 Å². The molecule has 1 aromatic carbocycles. The molecule has 4 heteroatoms. The van der Waals surface area contributed by atoms with Crippen LogP contribution in [-0.2, 0) is 0 Å². The summed E-state index contributed by atoms with van der Waals surface area (Å²) in [6.07, 6.45) is 4.62. The highest BCUT2D eigenvalue weighted by atomic mass is 16.4. The standard InChI is InChI=1S/C12H13N3O/c16-14-9-5-6-10(7-9)15-8-13-11-3-1-2-4-12(11)15/h1-4,8,10,16H,5-7H2/b14-9+. The van der Waals surface area contributed by atoms with Crippen molar-refractivity contribution in [3.05, 3.63) is 30.6 Å². The molecular weight excluding hydrogens is 202 g/mol. The van der Waals surface area contributed by atoms with Gasteiger partial charge >= 0.3 is 0 Å². The summed E-state index contributed by atoms with van der Waals surface area (Å²) >= 11 is 0. The molecule has 0 amide bonds. The number of nitrogens with zero attached hydrogens (tertiary/aromatic N) is 3. The van der Waals surface area contributed by atoms with Crippen molar-refractivity contribution in [3.8, 4) is 0 Å². The second-order valence-electron chi connectivity index (χ2n) is 4.20. The molecule has 1 aromatic heterocycles. The Morgan fingerprint density at radius 1 is 1.38 bits per heavy atom. The number of oxime groups is 1. The molecule has 3 rings (SSSR count). The minimum absolute atomic E-state index is 0.387. The van der Waals surface area contributed by atoms with Gasteiger partial charge in [0.05, 0.1) is 23.1 Å². The van der Waals surface area contributed by atoms with Crippen LogP contribution in [0.2, 0.25) is 0 Å². The smallest absolute Gasteiger partial charge is 0.0961 e. The zero-order valence-electron chi connectivity index (χ0n) is 8.87. The summed E-state index contributed by atoms with van der Waals surface area (Å²) in [4.78, 5) is 4.37. The fourth-order valence-corrected chi connectivity index (χ4v) is 2.41. The molecule has 1 unspecified atom stereocenters. The van der Waals surface area contributed by atoms with Gasteiger partial charge in [0.25, 0.3) is 0 Å². The monoisotopic (exact) mass is 215 g/mol. The van der Waals surface area contributed by atoms with Crippen molar-refractivity contribution >= 4 is 16.7 Å². The third kappa shape index (κ3) is 1.38. The molecule has 0 radical (unpaired) electrons. The zero-order valence-corrected chi connectivity index (χ0v) is 8.87. The highest BCUT2D eigenvalue weighted by molar-refractivity contribution is 5.86. The van der Waals surface area contributed by atoms with E-state index in [2.05, 4.69) is 20.8 Å². The van der Waals surface area contributed by atoms with E-state index in [1.807, 2.05) is 24.5 Å². The van der Waals surface area contributed by atoms with Crippen LogP contribution in [0.15, 0.2) is 35.7 Å².